The second-order valence-electron chi connectivity index (χ2n) is 3.10. The van der Waals surface area contributed by atoms with Crippen LogP contribution in [0, 0.1) is 0 Å². The Kier molecular flexibility index (Phi) is 3.00. The van der Waals surface area contributed by atoms with Gasteiger partial charge >= 0.3 is 0 Å². The third-order valence-corrected chi connectivity index (χ3v) is 1.90. The molecule has 0 aliphatic rings. The van der Waals surface area contributed by atoms with E-state index in [0.717, 1.165) is 5.69 Å². The zero-order valence-corrected chi connectivity index (χ0v) is 8.11. The number of carbonyl (C=O) groups excluding carboxylic acids is 1. The van der Waals surface area contributed by atoms with Gasteiger partial charge in [0, 0.05) is 32.6 Å². The van der Waals surface area contributed by atoms with E-state index in [4.69, 9.17) is 0 Å². The molecule has 0 saturated carbocycles. The van der Waals surface area contributed by atoms with E-state index in [2.05, 4.69) is 15.6 Å². The van der Waals surface area contributed by atoms with Gasteiger partial charge in [-0.3, -0.25) is 9.48 Å². The molecule has 1 aromatic heterocycles. The Hall–Kier alpha value is -1.39. The standard InChI is InChI=1S/C8H14N4O/c1-6(4-8(13)9-2)7-5-12(3)11-10-7/h5-6H,4H2,1-3H3,(H,9,13). The summed E-state index contributed by atoms with van der Waals surface area (Å²) in [5.74, 6) is 0.145. The molecule has 1 aromatic rings. The molecule has 1 atom stereocenters. The van der Waals surface area contributed by atoms with E-state index in [1.54, 1.807) is 11.7 Å². The Labute approximate surface area is 77.1 Å². The average molecular weight is 182 g/mol. The highest BCUT2D eigenvalue weighted by Gasteiger charge is 2.12. The molecule has 0 aliphatic carbocycles. The molecule has 0 aliphatic heterocycles. The van der Waals surface area contributed by atoms with E-state index in [1.165, 1.54) is 0 Å². The van der Waals surface area contributed by atoms with E-state index in [0.29, 0.717) is 6.42 Å². The van der Waals surface area contributed by atoms with Gasteiger partial charge in [0.15, 0.2) is 0 Å². The van der Waals surface area contributed by atoms with E-state index in [-0.39, 0.29) is 11.8 Å². The molecule has 1 unspecified atom stereocenters. The number of aromatic nitrogens is 3. The molecule has 13 heavy (non-hydrogen) atoms. The number of amides is 1. The number of rotatable bonds is 3. The van der Waals surface area contributed by atoms with Crippen LogP contribution < -0.4 is 5.32 Å². The Balaban J connectivity index is 2.58. The summed E-state index contributed by atoms with van der Waals surface area (Å²) in [6, 6.07) is 0. The summed E-state index contributed by atoms with van der Waals surface area (Å²) in [6.07, 6.45) is 2.28. The average Bonchev–Trinajstić information content (AvgIpc) is 2.51. The maximum absolute atomic E-state index is 11.0. The van der Waals surface area contributed by atoms with Gasteiger partial charge < -0.3 is 5.32 Å². The molecule has 5 nitrogen and oxygen atoms in total. The van der Waals surface area contributed by atoms with Crippen LogP contribution in [0.1, 0.15) is 25.0 Å². The summed E-state index contributed by atoms with van der Waals surface area (Å²) in [5.41, 5.74) is 0.853. The Morgan fingerprint density at radius 3 is 2.92 bits per heavy atom. The fourth-order valence-corrected chi connectivity index (χ4v) is 1.08. The highest BCUT2D eigenvalue weighted by atomic mass is 16.1. The van der Waals surface area contributed by atoms with Gasteiger partial charge in [-0.1, -0.05) is 12.1 Å². The monoisotopic (exact) mass is 182 g/mol. The van der Waals surface area contributed by atoms with Gasteiger partial charge in [0.1, 0.15) is 0 Å². The van der Waals surface area contributed by atoms with Crippen molar-refractivity contribution in [2.75, 3.05) is 7.05 Å². The Bertz CT molecular complexity index is 294. The molecule has 72 valence electrons. The van der Waals surface area contributed by atoms with Crippen molar-refractivity contribution in [1.29, 1.82) is 0 Å². The van der Waals surface area contributed by atoms with Crippen LogP contribution in [0.2, 0.25) is 0 Å². The number of hydrogen-bond acceptors (Lipinski definition) is 3. The van der Waals surface area contributed by atoms with Crippen LogP contribution in [0.15, 0.2) is 6.20 Å². The van der Waals surface area contributed by atoms with Crippen molar-refractivity contribution in [3.8, 4) is 0 Å². The van der Waals surface area contributed by atoms with Gasteiger partial charge in [0.05, 0.1) is 5.69 Å². The van der Waals surface area contributed by atoms with Crippen molar-refractivity contribution in [1.82, 2.24) is 20.3 Å². The van der Waals surface area contributed by atoms with Crippen LogP contribution in [0.5, 0.6) is 0 Å². The summed E-state index contributed by atoms with van der Waals surface area (Å²) in [7, 11) is 3.44. The molecule has 0 radical (unpaired) electrons. The molecule has 1 rings (SSSR count). The number of hydrogen-bond donors (Lipinski definition) is 1. The molecule has 0 bridgehead atoms. The topological polar surface area (TPSA) is 59.8 Å². The second kappa shape index (κ2) is 4.02. The lowest BCUT2D eigenvalue weighted by molar-refractivity contribution is -0.120. The van der Waals surface area contributed by atoms with Gasteiger partial charge in [0.25, 0.3) is 0 Å². The molecular weight excluding hydrogens is 168 g/mol. The number of nitrogens with one attached hydrogen (secondary N) is 1. The minimum Gasteiger partial charge on any atom is -0.359 e. The van der Waals surface area contributed by atoms with Gasteiger partial charge in [-0.25, -0.2) is 0 Å². The number of carbonyl (C=O) groups is 1. The highest BCUT2D eigenvalue weighted by molar-refractivity contribution is 5.76. The van der Waals surface area contributed by atoms with Crippen molar-refractivity contribution in [3.63, 3.8) is 0 Å². The predicted octanol–water partition coefficient (Wildman–Crippen LogP) is 0.0547. The molecule has 1 N–H and O–H groups in total. The van der Waals surface area contributed by atoms with Crippen LogP contribution in [-0.4, -0.2) is 27.9 Å². The zero-order valence-electron chi connectivity index (χ0n) is 8.11. The van der Waals surface area contributed by atoms with Gasteiger partial charge in [-0.15, -0.1) is 5.10 Å². The molecule has 0 spiro atoms. The van der Waals surface area contributed by atoms with Crippen molar-refractivity contribution in [3.05, 3.63) is 11.9 Å². The summed E-state index contributed by atoms with van der Waals surface area (Å²) >= 11 is 0. The summed E-state index contributed by atoms with van der Waals surface area (Å²) < 4.78 is 1.63. The van der Waals surface area contributed by atoms with Gasteiger partial charge in [0.2, 0.25) is 5.91 Å². The summed E-state index contributed by atoms with van der Waals surface area (Å²) in [6.45, 7) is 1.96. The fraction of sp³-hybridized carbons (Fsp3) is 0.625. The van der Waals surface area contributed by atoms with Crippen LogP contribution in [0.25, 0.3) is 0 Å². The van der Waals surface area contributed by atoms with Crippen molar-refractivity contribution >= 4 is 5.91 Å². The number of nitrogens with zero attached hydrogens (tertiary/aromatic N) is 3. The van der Waals surface area contributed by atoms with E-state index in [1.807, 2.05) is 20.2 Å². The maximum Gasteiger partial charge on any atom is 0.220 e. The molecule has 0 fully saturated rings. The lowest BCUT2D eigenvalue weighted by atomic mass is 10.0. The lowest BCUT2D eigenvalue weighted by Crippen LogP contribution is -2.19. The number of aryl methyl sites for hydroxylation is 1. The molecule has 1 heterocycles. The third-order valence-electron chi connectivity index (χ3n) is 1.90. The second-order valence-corrected chi connectivity index (χ2v) is 3.10. The van der Waals surface area contributed by atoms with Crippen LogP contribution >= 0.6 is 0 Å². The highest BCUT2D eigenvalue weighted by Crippen LogP contribution is 2.14. The van der Waals surface area contributed by atoms with Crippen LogP contribution in [0.4, 0.5) is 0 Å². The van der Waals surface area contributed by atoms with Crippen molar-refractivity contribution < 1.29 is 4.79 Å². The molecular formula is C8H14N4O. The third kappa shape index (κ3) is 2.54. The Morgan fingerprint density at radius 1 is 1.77 bits per heavy atom. The molecule has 1 amide bonds. The van der Waals surface area contributed by atoms with Gasteiger partial charge in [-0.05, 0) is 0 Å². The normalized spacial score (nSPS) is 12.5. The molecule has 0 saturated heterocycles. The molecule has 0 aromatic carbocycles. The fourth-order valence-electron chi connectivity index (χ4n) is 1.08. The molecule has 5 heteroatoms. The quantitative estimate of drug-likeness (QED) is 0.718. The Morgan fingerprint density at radius 2 is 2.46 bits per heavy atom. The summed E-state index contributed by atoms with van der Waals surface area (Å²) in [5, 5.41) is 10.3. The first-order chi connectivity index (χ1) is 6.13. The van der Waals surface area contributed by atoms with E-state index in [9.17, 15) is 4.79 Å². The smallest absolute Gasteiger partial charge is 0.220 e. The minimum absolute atomic E-state index is 0.0261. The SMILES string of the molecule is CNC(=O)CC(C)c1cn(C)nn1. The van der Waals surface area contributed by atoms with Crippen LogP contribution in [0.3, 0.4) is 0 Å². The lowest BCUT2D eigenvalue weighted by Gasteiger charge is -2.05. The summed E-state index contributed by atoms with van der Waals surface area (Å²) in [4.78, 5) is 11.0. The first-order valence-corrected chi connectivity index (χ1v) is 4.20. The first-order valence-electron chi connectivity index (χ1n) is 4.20. The van der Waals surface area contributed by atoms with E-state index < -0.39 is 0 Å². The maximum atomic E-state index is 11.0. The van der Waals surface area contributed by atoms with Crippen molar-refractivity contribution in [2.45, 2.75) is 19.3 Å². The first kappa shape index (κ1) is 9.70. The zero-order chi connectivity index (χ0) is 9.84. The predicted molar refractivity (Wildman–Crippen MR) is 48.1 cm³/mol. The van der Waals surface area contributed by atoms with Crippen molar-refractivity contribution in [2.24, 2.45) is 7.05 Å². The van der Waals surface area contributed by atoms with E-state index >= 15 is 0 Å². The minimum atomic E-state index is 0.0261. The largest absolute Gasteiger partial charge is 0.359 e. The van der Waals surface area contributed by atoms with Crippen LogP contribution in [-0.2, 0) is 11.8 Å². The van der Waals surface area contributed by atoms with Gasteiger partial charge in [-0.2, -0.15) is 0 Å².